The molecule has 70 valence electrons. The third-order valence-corrected chi connectivity index (χ3v) is 2.00. The average molecular weight is 205 g/mol. The van der Waals surface area contributed by atoms with Crippen molar-refractivity contribution in [1.82, 2.24) is 0 Å². The maximum absolute atomic E-state index is 13.1. The lowest BCUT2D eigenvalue weighted by atomic mass is 10.0. The molecule has 1 nitrogen and oxygen atoms in total. The molecule has 0 fully saturated rings. The fourth-order valence-electron chi connectivity index (χ4n) is 1.05. The Hall–Kier alpha value is -0.960. The second-order valence-corrected chi connectivity index (χ2v) is 3.01. The normalized spacial score (nSPS) is 12.6. The van der Waals surface area contributed by atoms with E-state index in [-0.39, 0.29) is 22.4 Å². The zero-order valence-electron chi connectivity index (χ0n) is 6.85. The van der Waals surface area contributed by atoms with E-state index in [4.69, 9.17) is 11.6 Å². The molecule has 0 bridgehead atoms. The van der Waals surface area contributed by atoms with Crippen LogP contribution in [-0.2, 0) is 0 Å². The number of benzene rings is 1. The van der Waals surface area contributed by atoms with Gasteiger partial charge in [-0.1, -0.05) is 17.7 Å². The van der Waals surface area contributed by atoms with Gasteiger partial charge in [0.25, 0.3) is 0 Å². The van der Waals surface area contributed by atoms with Gasteiger partial charge in [0.1, 0.15) is 6.17 Å². The van der Waals surface area contributed by atoms with Gasteiger partial charge in [-0.3, -0.25) is 4.79 Å². The summed E-state index contributed by atoms with van der Waals surface area (Å²) in [6.45, 7) is 1.23. The molecule has 0 heterocycles. The zero-order chi connectivity index (χ0) is 10.0. The Morgan fingerprint density at radius 2 is 2.15 bits per heavy atom. The summed E-state index contributed by atoms with van der Waals surface area (Å²) in [6, 6.07) is 2.54. The van der Waals surface area contributed by atoms with E-state index in [0.717, 1.165) is 0 Å². The van der Waals surface area contributed by atoms with E-state index in [1.165, 1.54) is 19.1 Å². The molecule has 0 aliphatic heterocycles. The quantitative estimate of drug-likeness (QED) is 0.676. The highest BCUT2D eigenvalue weighted by Gasteiger charge is 2.15. The van der Waals surface area contributed by atoms with Crippen LogP contribution in [0.5, 0.6) is 0 Å². The maximum atomic E-state index is 13.1. The van der Waals surface area contributed by atoms with Gasteiger partial charge in [0.05, 0.1) is 10.6 Å². The van der Waals surface area contributed by atoms with Crippen molar-refractivity contribution in [2.45, 2.75) is 13.1 Å². The standard InChI is InChI=1S/C9H7ClF2O/c1-5(11)6-2-3-8(10)9(12)7(6)4-13/h2-5H,1H3/t5-/m1/s1. The second-order valence-electron chi connectivity index (χ2n) is 2.60. The molecule has 1 atom stereocenters. The Bertz CT molecular complexity index is 337. The van der Waals surface area contributed by atoms with Gasteiger partial charge >= 0.3 is 0 Å². The molecule has 0 aliphatic rings. The molecular formula is C9H7ClF2O. The second kappa shape index (κ2) is 3.83. The van der Waals surface area contributed by atoms with Crippen LogP contribution < -0.4 is 0 Å². The van der Waals surface area contributed by atoms with Gasteiger partial charge < -0.3 is 0 Å². The van der Waals surface area contributed by atoms with E-state index in [1.54, 1.807) is 0 Å². The van der Waals surface area contributed by atoms with Gasteiger partial charge in [0.2, 0.25) is 0 Å². The molecule has 0 aromatic heterocycles. The smallest absolute Gasteiger partial charge is 0.153 e. The van der Waals surface area contributed by atoms with Crippen LogP contribution in [0.4, 0.5) is 8.78 Å². The summed E-state index contributed by atoms with van der Waals surface area (Å²) in [5.74, 6) is -0.862. The number of aldehydes is 1. The van der Waals surface area contributed by atoms with Crippen molar-refractivity contribution in [3.05, 3.63) is 34.1 Å². The molecule has 0 aliphatic carbocycles. The summed E-state index contributed by atoms with van der Waals surface area (Å²) in [5, 5.41) is -0.175. The van der Waals surface area contributed by atoms with Crippen LogP contribution in [0, 0.1) is 5.82 Å². The van der Waals surface area contributed by atoms with E-state index < -0.39 is 12.0 Å². The molecule has 1 aromatic rings. The van der Waals surface area contributed by atoms with Crippen molar-refractivity contribution < 1.29 is 13.6 Å². The van der Waals surface area contributed by atoms with Crippen LogP contribution in [0.25, 0.3) is 0 Å². The fourth-order valence-corrected chi connectivity index (χ4v) is 1.21. The number of hydrogen-bond acceptors (Lipinski definition) is 1. The van der Waals surface area contributed by atoms with Crippen LogP contribution in [-0.4, -0.2) is 6.29 Å². The third kappa shape index (κ3) is 1.86. The lowest BCUT2D eigenvalue weighted by Crippen LogP contribution is -1.98. The first-order chi connectivity index (χ1) is 6.07. The van der Waals surface area contributed by atoms with Crippen LogP contribution in [0.3, 0.4) is 0 Å². The topological polar surface area (TPSA) is 17.1 Å². The van der Waals surface area contributed by atoms with E-state index in [1.807, 2.05) is 0 Å². The molecule has 0 N–H and O–H groups in total. The summed E-state index contributed by atoms with van der Waals surface area (Å²) in [5.41, 5.74) is -0.278. The molecule has 0 saturated carbocycles. The minimum atomic E-state index is -1.38. The van der Waals surface area contributed by atoms with E-state index >= 15 is 0 Å². The number of rotatable bonds is 2. The molecule has 1 aromatic carbocycles. The summed E-state index contributed by atoms with van der Waals surface area (Å²) in [7, 11) is 0. The van der Waals surface area contributed by atoms with Crippen LogP contribution in [0.1, 0.15) is 29.0 Å². The minimum absolute atomic E-state index is 0.0249. The number of alkyl halides is 1. The Labute approximate surface area is 79.3 Å². The molecule has 0 unspecified atom stereocenters. The van der Waals surface area contributed by atoms with Gasteiger partial charge in [-0.05, 0) is 18.6 Å². The van der Waals surface area contributed by atoms with Gasteiger partial charge in [-0.15, -0.1) is 0 Å². The average Bonchev–Trinajstić information content (AvgIpc) is 2.09. The predicted molar refractivity (Wildman–Crippen MR) is 46.3 cm³/mol. The summed E-state index contributed by atoms with van der Waals surface area (Å²) < 4.78 is 25.9. The highest BCUT2D eigenvalue weighted by molar-refractivity contribution is 6.31. The Balaban J connectivity index is 3.38. The van der Waals surface area contributed by atoms with Gasteiger partial charge in [0, 0.05) is 0 Å². The Morgan fingerprint density at radius 3 is 2.62 bits per heavy atom. The lowest BCUT2D eigenvalue weighted by Gasteiger charge is -2.07. The summed E-state index contributed by atoms with van der Waals surface area (Å²) in [6.07, 6.45) is -1.11. The molecule has 0 saturated heterocycles. The first-order valence-corrected chi connectivity index (χ1v) is 4.03. The minimum Gasteiger partial charge on any atom is -0.298 e. The van der Waals surface area contributed by atoms with Crippen molar-refractivity contribution in [3.8, 4) is 0 Å². The molecule has 0 spiro atoms. The van der Waals surface area contributed by atoms with Crippen molar-refractivity contribution in [1.29, 1.82) is 0 Å². The number of hydrogen-bond donors (Lipinski definition) is 0. The first-order valence-electron chi connectivity index (χ1n) is 3.65. The van der Waals surface area contributed by atoms with Crippen molar-refractivity contribution >= 4 is 17.9 Å². The highest BCUT2D eigenvalue weighted by Crippen LogP contribution is 2.26. The van der Waals surface area contributed by atoms with Gasteiger partial charge in [-0.25, -0.2) is 8.78 Å². The highest BCUT2D eigenvalue weighted by atomic mass is 35.5. The van der Waals surface area contributed by atoms with E-state index in [2.05, 4.69) is 0 Å². The number of carbonyl (C=O) groups is 1. The number of carbonyl (C=O) groups excluding carboxylic acids is 1. The van der Waals surface area contributed by atoms with Crippen molar-refractivity contribution in [2.75, 3.05) is 0 Å². The molecule has 0 radical (unpaired) electrons. The predicted octanol–water partition coefficient (Wildman–Crippen LogP) is 3.32. The fraction of sp³-hybridized carbons (Fsp3) is 0.222. The lowest BCUT2D eigenvalue weighted by molar-refractivity contribution is 0.111. The maximum Gasteiger partial charge on any atom is 0.153 e. The monoisotopic (exact) mass is 204 g/mol. The summed E-state index contributed by atoms with van der Waals surface area (Å²) in [4.78, 5) is 10.4. The Kier molecular flexibility index (Phi) is 2.98. The van der Waals surface area contributed by atoms with Gasteiger partial charge in [0.15, 0.2) is 12.1 Å². The van der Waals surface area contributed by atoms with Gasteiger partial charge in [-0.2, -0.15) is 0 Å². The largest absolute Gasteiger partial charge is 0.298 e. The van der Waals surface area contributed by atoms with Crippen molar-refractivity contribution in [3.63, 3.8) is 0 Å². The third-order valence-electron chi connectivity index (χ3n) is 1.71. The van der Waals surface area contributed by atoms with Crippen LogP contribution in [0.15, 0.2) is 12.1 Å². The molecule has 4 heteroatoms. The van der Waals surface area contributed by atoms with Crippen LogP contribution in [0.2, 0.25) is 5.02 Å². The Morgan fingerprint density at radius 1 is 1.54 bits per heavy atom. The van der Waals surface area contributed by atoms with Crippen molar-refractivity contribution in [2.24, 2.45) is 0 Å². The number of halogens is 3. The molecule has 13 heavy (non-hydrogen) atoms. The van der Waals surface area contributed by atoms with E-state index in [0.29, 0.717) is 0 Å². The summed E-state index contributed by atoms with van der Waals surface area (Å²) >= 11 is 5.41. The first kappa shape index (κ1) is 10.1. The zero-order valence-corrected chi connectivity index (χ0v) is 7.61. The molecule has 0 amide bonds. The molecular weight excluding hydrogens is 198 g/mol. The van der Waals surface area contributed by atoms with E-state index in [9.17, 15) is 13.6 Å². The van der Waals surface area contributed by atoms with Crippen LogP contribution >= 0.6 is 11.6 Å². The SMILES string of the molecule is C[C@@H](F)c1ccc(Cl)c(F)c1C=O. The molecule has 1 rings (SSSR count).